The Bertz CT molecular complexity index is 575. The van der Waals surface area contributed by atoms with Crippen molar-refractivity contribution in [2.75, 3.05) is 13.1 Å². The molecule has 0 spiro atoms. The molecule has 1 N–H and O–H groups in total. The third-order valence-electron chi connectivity index (χ3n) is 3.60. The Morgan fingerprint density at radius 2 is 2.14 bits per heavy atom. The number of nitrogens with zero attached hydrogens (tertiary/aromatic N) is 2. The van der Waals surface area contributed by atoms with E-state index in [4.69, 9.17) is 0 Å². The van der Waals surface area contributed by atoms with E-state index in [0.717, 1.165) is 24.3 Å². The van der Waals surface area contributed by atoms with Crippen LogP contribution in [0.2, 0.25) is 0 Å². The minimum atomic E-state index is -3.41. The summed E-state index contributed by atoms with van der Waals surface area (Å²) in [6.45, 7) is 9.43. The fourth-order valence-corrected chi connectivity index (χ4v) is 5.43. The molecule has 21 heavy (non-hydrogen) atoms. The normalized spacial score (nSPS) is 21.6. The van der Waals surface area contributed by atoms with Crippen LogP contribution in [0.1, 0.15) is 45.0 Å². The predicted octanol–water partition coefficient (Wildman–Crippen LogP) is 2.38. The van der Waals surface area contributed by atoms with Crippen molar-refractivity contribution in [3.05, 3.63) is 11.2 Å². The molecule has 1 fully saturated rings. The molecular weight excluding hydrogens is 306 g/mol. The zero-order chi connectivity index (χ0) is 15.7. The van der Waals surface area contributed by atoms with E-state index in [2.05, 4.69) is 31.1 Å². The van der Waals surface area contributed by atoms with Crippen molar-refractivity contribution >= 4 is 21.4 Å². The van der Waals surface area contributed by atoms with Gasteiger partial charge in [-0.1, -0.05) is 6.42 Å². The van der Waals surface area contributed by atoms with E-state index in [1.165, 1.54) is 17.5 Å². The summed E-state index contributed by atoms with van der Waals surface area (Å²) >= 11 is 1.25. The zero-order valence-electron chi connectivity index (χ0n) is 13.2. The second-order valence-corrected chi connectivity index (χ2v) is 9.95. The second kappa shape index (κ2) is 6.32. The van der Waals surface area contributed by atoms with Gasteiger partial charge in [0.25, 0.3) is 10.0 Å². The predicted molar refractivity (Wildman–Crippen MR) is 86.1 cm³/mol. The van der Waals surface area contributed by atoms with Gasteiger partial charge in [-0.15, -0.1) is 11.3 Å². The van der Waals surface area contributed by atoms with E-state index in [9.17, 15) is 8.42 Å². The fraction of sp³-hybridized carbons (Fsp3) is 0.786. The molecule has 0 saturated carbocycles. The summed E-state index contributed by atoms with van der Waals surface area (Å²) < 4.78 is 27.6. The molecule has 1 aliphatic rings. The molecule has 0 radical (unpaired) electrons. The number of piperidine rings is 1. The van der Waals surface area contributed by atoms with E-state index in [1.54, 1.807) is 4.31 Å². The monoisotopic (exact) mass is 331 g/mol. The SMILES string of the molecule is Cc1ncc(S(=O)(=O)N2CCCCC2CNC(C)(C)C)s1. The molecule has 0 aliphatic carbocycles. The van der Waals surface area contributed by atoms with Gasteiger partial charge >= 0.3 is 0 Å². The standard InChI is InChI=1S/C14H25N3O2S2/c1-11-15-10-13(20-11)21(18,19)17-8-6-5-7-12(17)9-16-14(2,3)4/h10,12,16H,5-9H2,1-4H3. The number of thiazole rings is 1. The Hall–Kier alpha value is -0.500. The van der Waals surface area contributed by atoms with E-state index in [1.807, 2.05) is 6.92 Å². The van der Waals surface area contributed by atoms with Crippen LogP contribution in [0.25, 0.3) is 0 Å². The first-order chi connectivity index (χ1) is 9.70. The number of hydrogen-bond acceptors (Lipinski definition) is 5. The lowest BCUT2D eigenvalue weighted by molar-refractivity contribution is 0.231. The van der Waals surface area contributed by atoms with Crippen LogP contribution in [0.3, 0.4) is 0 Å². The summed E-state index contributed by atoms with van der Waals surface area (Å²) in [6.07, 6.45) is 4.42. The molecule has 0 aromatic carbocycles. The third kappa shape index (κ3) is 4.25. The summed E-state index contributed by atoms with van der Waals surface area (Å²) in [7, 11) is -3.41. The topological polar surface area (TPSA) is 62.3 Å². The van der Waals surface area contributed by atoms with Gasteiger partial charge in [0, 0.05) is 24.7 Å². The zero-order valence-corrected chi connectivity index (χ0v) is 14.9. The Balaban J connectivity index is 2.18. The largest absolute Gasteiger partial charge is 0.310 e. The highest BCUT2D eigenvalue weighted by molar-refractivity contribution is 7.91. The van der Waals surface area contributed by atoms with Gasteiger partial charge in [-0.05, 0) is 40.5 Å². The van der Waals surface area contributed by atoms with Gasteiger partial charge < -0.3 is 5.32 Å². The van der Waals surface area contributed by atoms with E-state index in [-0.39, 0.29) is 11.6 Å². The van der Waals surface area contributed by atoms with Crippen LogP contribution in [0.4, 0.5) is 0 Å². The van der Waals surface area contributed by atoms with Crippen molar-refractivity contribution < 1.29 is 8.42 Å². The number of rotatable bonds is 4. The van der Waals surface area contributed by atoms with Gasteiger partial charge in [0.2, 0.25) is 0 Å². The lowest BCUT2D eigenvalue weighted by Crippen LogP contribution is -2.51. The highest BCUT2D eigenvalue weighted by atomic mass is 32.2. The third-order valence-corrected chi connectivity index (χ3v) is 6.91. The molecule has 1 aromatic rings. The van der Waals surface area contributed by atoms with Crippen LogP contribution in [-0.4, -0.2) is 42.4 Å². The van der Waals surface area contributed by atoms with Gasteiger partial charge in [-0.3, -0.25) is 0 Å². The molecule has 1 saturated heterocycles. The molecule has 7 heteroatoms. The quantitative estimate of drug-likeness (QED) is 0.920. The molecule has 120 valence electrons. The highest BCUT2D eigenvalue weighted by Crippen LogP contribution is 2.28. The number of sulfonamides is 1. The average Bonchev–Trinajstić information content (AvgIpc) is 2.83. The van der Waals surface area contributed by atoms with Gasteiger partial charge in [0.1, 0.15) is 0 Å². The molecule has 5 nitrogen and oxygen atoms in total. The summed E-state index contributed by atoms with van der Waals surface area (Å²) in [4.78, 5) is 4.09. The molecule has 0 amide bonds. The summed E-state index contributed by atoms with van der Waals surface area (Å²) in [5.41, 5.74) is -0.00600. The molecule has 1 unspecified atom stereocenters. The lowest BCUT2D eigenvalue weighted by Gasteiger charge is -2.36. The average molecular weight is 332 g/mol. The number of aromatic nitrogens is 1. The van der Waals surface area contributed by atoms with Crippen LogP contribution in [-0.2, 0) is 10.0 Å². The first-order valence-electron chi connectivity index (χ1n) is 7.39. The molecule has 0 bridgehead atoms. The fourth-order valence-electron chi connectivity index (χ4n) is 2.50. The number of aryl methyl sites for hydroxylation is 1. The Morgan fingerprint density at radius 1 is 1.43 bits per heavy atom. The van der Waals surface area contributed by atoms with Gasteiger partial charge in [0.05, 0.1) is 11.2 Å². The van der Waals surface area contributed by atoms with E-state index >= 15 is 0 Å². The summed E-state index contributed by atoms with van der Waals surface area (Å²) in [5.74, 6) is 0. The van der Waals surface area contributed by atoms with Crippen molar-refractivity contribution in [1.29, 1.82) is 0 Å². The minimum absolute atomic E-state index is 0.00600. The van der Waals surface area contributed by atoms with Crippen molar-refractivity contribution in [1.82, 2.24) is 14.6 Å². The van der Waals surface area contributed by atoms with Crippen LogP contribution >= 0.6 is 11.3 Å². The second-order valence-electron chi connectivity index (χ2n) is 6.59. The van der Waals surface area contributed by atoms with Crippen molar-refractivity contribution in [2.45, 2.75) is 62.7 Å². The first kappa shape index (κ1) is 16.9. The van der Waals surface area contributed by atoms with Crippen molar-refractivity contribution in [3.63, 3.8) is 0 Å². The van der Waals surface area contributed by atoms with Crippen LogP contribution in [0.5, 0.6) is 0 Å². The molecule has 1 atom stereocenters. The first-order valence-corrected chi connectivity index (χ1v) is 9.65. The van der Waals surface area contributed by atoms with Crippen molar-refractivity contribution in [2.24, 2.45) is 0 Å². The van der Waals surface area contributed by atoms with Crippen LogP contribution < -0.4 is 5.32 Å². The highest BCUT2D eigenvalue weighted by Gasteiger charge is 2.34. The van der Waals surface area contributed by atoms with Crippen LogP contribution in [0.15, 0.2) is 10.4 Å². The smallest absolute Gasteiger partial charge is 0.254 e. The summed E-state index contributed by atoms with van der Waals surface area (Å²) in [5, 5.41) is 4.22. The molecule has 1 aromatic heterocycles. The van der Waals surface area contributed by atoms with Gasteiger partial charge in [-0.2, -0.15) is 4.31 Å². The maximum Gasteiger partial charge on any atom is 0.254 e. The van der Waals surface area contributed by atoms with E-state index in [0.29, 0.717) is 17.3 Å². The van der Waals surface area contributed by atoms with Gasteiger partial charge in [-0.25, -0.2) is 13.4 Å². The van der Waals surface area contributed by atoms with E-state index < -0.39 is 10.0 Å². The number of nitrogens with one attached hydrogen (secondary N) is 1. The maximum atomic E-state index is 12.8. The molecular formula is C14H25N3O2S2. The molecule has 2 heterocycles. The molecule has 2 rings (SSSR count). The maximum absolute atomic E-state index is 12.8. The number of hydrogen-bond donors (Lipinski definition) is 1. The Morgan fingerprint density at radius 3 is 2.71 bits per heavy atom. The van der Waals surface area contributed by atoms with Crippen LogP contribution in [0, 0.1) is 6.92 Å². The van der Waals surface area contributed by atoms with Crippen molar-refractivity contribution in [3.8, 4) is 0 Å². The lowest BCUT2D eigenvalue weighted by atomic mass is 10.0. The van der Waals surface area contributed by atoms with Gasteiger partial charge in [0.15, 0.2) is 4.21 Å². The molecule has 1 aliphatic heterocycles. The Labute approximate surface area is 131 Å². The Kier molecular flexibility index (Phi) is 5.07. The minimum Gasteiger partial charge on any atom is -0.310 e. The summed E-state index contributed by atoms with van der Waals surface area (Å²) in [6, 6.07) is 0.0328.